The van der Waals surface area contributed by atoms with Gasteiger partial charge in [0.25, 0.3) is 0 Å². The number of nitrogens with zero attached hydrogens (tertiary/aromatic N) is 4. The molecule has 0 radical (unpaired) electrons. The number of nitrogens with one attached hydrogen (secondary N) is 1. The zero-order chi connectivity index (χ0) is 26.6. The summed E-state index contributed by atoms with van der Waals surface area (Å²) in [4.78, 5) is 11.3. The molecule has 3 N–H and O–H groups in total. The topological polar surface area (TPSA) is 90.5 Å². The molecular weight excluding hydrogens is 488 g/mol. The summed E-state index contributed by atoms with van der Waals surface area (Å²) in [6.07, 6.45) is 5.78. The van der Waals surface area contributed by atoms with Crippen LogP contribution in [0.1, 0.15) is 31.9 Å². The van der Waals surface area contributed by atoms with Crippen molar-refractivity contribution < 1.29 is 9.47 Å². The number of anilines is 1. The lowest BCUT2D eigenvalue weighted by Gasteiger charge is -2.41. The minimum Gasteiger partial charge on any atom is -0.383 e. The number of nitrogen functional groups attached to an aromatic ring is 1. The maximum atomic E-state index is 6.46. The predicted octanol–water partition coefficient (Wildman–Crippen LogP) is 4.01. The van der Waals surface area contributed by atoms with E-state index in [1.165, 1.54) is 16.3 Å². The number of fused-ring (bicyclic) bond motifs is 3. The van der Waals surface area contributed by atoms with Gasteiger partial charge in [0.05, 0.1) is 17.5 Å². The summed E-state index contributed by atoms with van der Waals surface area (Å²) in [6, 6.07) is 17.6. The van der Waals surface area contributed by atoms with E-state index in [0.29, 0.717) is 17.7 Å². The Morgan fingerprint density at radius 2 is 1.85 bits per heavy atom. The van der Waals surface area contributed by atoms with E-state index in [2.05, 4.69) is 73.4 Å². The molecule has 3 aliphatic rings. The van der Waals surface area contributed by atoms with Gasteiger partial charge in [0.15, 0.2) is 5.79 Å². The van der Waals surface area contributed by atoms with Gasteiger partial charge < -0.3 is 30.0 Å². The minimum atomic E-state index is -0.574. The fourth-order valence-corrected chi connectivity index (χ4v) is 6.99. The van der Waals surface area contributed by atoms with Crippen molar-refractivity contribution in [2.24, 2.45) is 11.8 Å². The van der Waals surface area contributed by atoms with Crippen LogP contribution in [0, 0.1) is 11.8 Å². The molecule has 0 amide bonds. The van der Waals surface area contributed by atoms with Gasteiger partial charge >= 0.3 is 0 Å². The molecular formula is C31H38N6O2. The predicted molar refractivity (Wildman–Crippen MR) is 153 cm³/mol. The van der Waals surface area contributed by atoms with Crippen molar-refractivity contribution in [1.82, 2.24) is 24.8 Å². The van der Waals surface area contributed by atoms with Gasteiger partial charge in [-0.05, 0) is 61.6 Å². The lowest BCUT2D eigenvalue weighted by Crippen LogP contribution is -2.53. The van der Waals surface area contributed by atoms with Crippen LogP contribution in [0.25, 0.3) is 21.8 Å². The van der Waals surface area contributed by atoms with Crippen molar-refractivity contribution in [3.05, 3.63) is 66.6 Å². The quantitative estimate of drug-likeness (QED) is 0.335. The standard InChI is InChI=1S/C31H38N6O2/c1-31(2)38-27-24(14-26(28(27)39-31)37-12-10-25-29(32)34-19-35-30(25)37)18-36-16-21(17-36)15-33-11-9-20-7-8-22-5-3-4-6-23(22)13-20/h3-8,10,12-13,19,21,24,26-28,33H,9,11,14-18H2,1-2H3,(H2,32,34,35)/t24-,26-,27-,28+/m1/s1. The van der Waals surface area contributed by atoms with E-state index in [1.54, 1.807) is 6.33 Å². The van der Waals surface area contributed by atoms with Crippen molar-refractivity contribution in [2.45, 2.75) is 50.7 Å². The summed E-state index contributed by atoms with van der Waals surface area (Å²) >= 11 is 0. The number of nitrogens with two attached hydrogens (primary N) is 1. The lowest BCUT2D eigenvalue weighted by molar-refractivity contribution is -0.161. The third-order valence-corrected chi connectivity index (χ3v) is 8.81. The Balaban J connectivity index is 0.926. The summed E-state index contributed by atoms with van der Waals surface area (Å²) < 4.78 is 15.1. The normalized spacial score (nSPS) is 26.8. The van der Waals surface area contributed by atoms with Crippen LogP contribution < -0.4 is 11.1 Å². The maximum Gasteiger partial charge on any atom is 0.163 e. The van der Waals surface area contributed by atoms with Crippen LogP contribution in [0.4, 0.5) is 5.82 Å². The highest BCUT2D eigenvalue weighted by molar-refractivity contribution is 5.86. The summed E-state index contributed by atoms with van der Waals surface area (Å²) in [5, 5.41) is 7.22. The number of likely N-dealkylation sites (tertiary alicyclic amines) is 1. The molecule has 2 saturated heterocycles. The Morgan fingerprint density at radius 1 is 1.03 bits per heavy atom. The summed E-state index contributed by atoms with van der Waals surface area (Å²) in [5.41, 5.74) is 8.38. The Morgan fingerprint density at radius 3 is 2.72 bits per heavy atom. The fraction of sp³-hybridized carbons (Fsp3) is 0.484. The molecule has 3 fully saturated rings. The Bertz CT molecular complexity index is 1480. The molecule has 2 aromatic heterocycles. The van der Waals surface area contributed by atoms with Crippen LogP contribution in [0.5, 0.6) is 0 Å². The minimum absolute atomic E-state index is 0.00522. The molecule has 1 aliphatic carbocycles. The first-order chi connectivity index (χ1) is 18.9. The van der Waals surface area contributed by atoms with Crippen LogP contribution in [-0.2, 0) is 15.9 Å². The molecule has 2 aliphatic heterocycles. The zero-order valence-electron chi connectivity index (χ0n) is 22.8. The van der Waals surface area contributed by atoms with Crippen molar-refractivity contribution in [3.63, 3.8) is 0 Å². The molecule has 204 valence electrons. The first-order valence-corrected chi connectivity index (χ1v) is 14.3. The first kappa shape index (κ1) is 25.0. The highest BCUT2D eigenvalue weighted by atomic mass is 16.8. The average molecular weight is 527 g/mol. The highest BCUT2D eigenvalue weighted by Gasteiger charge is 2.55. The van der Waals surface area contributed by atoms with E-state index in [1.807, 2.05) is 19.9 Å². The molecule has 4 aromatic rings. The van der Waals surface area contributed by atoms with Gasteiger partial charge in [0.2, 0.25) is 0 Å². The second-order valence-electron chi connectivity index (χ2n) is 12.1. The van der Waals surface area contributed by atoms with Crippen LogP contribution in [0.3, 0.4) is 0 Å². The van der Waals surface area contributed by atoms with Crippen molar-refractivity contribution in [1.29, 1.82) is 0 Å². The Labute approximate surface area is 229 Å². The number of ether oxygens (including phenoxy) is 2. The average Bonchev–Trinajstić information content (AvgIpc) is 3.56. The van der Waals surface area contributed by atoms with E-state index < -0.39 is 5.79 Å². The van der Waals surface area contributed by atoms with Gasteiger partial charge in [-0.3, -0.25) is 0 Å². The molecule has 4 atom stereocenters. The SMILES string of the molecule is CC1(C)O[C@@H]2[C@@H](CN3CC(CNCCc4ccc5ccccc5c4)C3)C[C@@H](n3ccc4c(N)ncnc43)[C@@H]2O1. The second-order valence-corrected chi connectivity index (χ2v) is 12.1. The molecule has 1 saturated carbocycles. The lowest BCUT2D eigenvalue weighted by atomic mass is 9.96. The van der Waals surface area contributed by atoms with Crippen LogP contribution in [0.15, 0.2) is 61.1 Å². The maximum absolute atomic E-state index is 6.46. The van der Waals surface area contributed by atoms with Crippen molar-refractivity contribution in [3.8, 4) is 0 Å². The van der Waals surface area contributed by atoms with E-state index >= 15 is 0 Å². The molecule has 39 heavy (non-hydrogen) atoms. The van der Waals surface area contributed by atoms with Crippen LogP contribution in [0.2, 0.25) is 0 Å². The van der Waals surface area contributed by atoms with E-state index in [0.717, 1.165) is 56.6 Å². The first-order valence-electron chi connectivity index (χ1n) is 14.3. The van der Waals surface area contributed by atoms with Crippen LogP contribution in [-0.4, -0.2) is 70.2 Å². The molecule has 0 spiro atoms. The van der Waals surface area contributed by atoms with Gasteiger partial charge in [0, 0.05) is 38.3 Å². The van der Waals surface area contributed by atoms with E-state index in [9.17, 15) is 0 Å². The van der Waals surface area contributed by atoms with Gasteiger partial charge in [-0.2, -0.15) is 0 Å². The largest absolute Gasteiger partial charge is 0.383 e. The molecule has 4 heterocycles. The molecule has 0 bridgehead atoms. The van der Waals surface area contributed by atoms with Crippen LogP contribution >= 0.6 is 0 Å². The van der Waals surface area contributed by atoms with E-state index in [-0.39, 0.29) is 18.2 Å². The molecule has 8 nitrogen and oxygen atoms in total. The van der Waals surface area contributed by atoms with Gasteiger partial charge in [0.1, 0.15) is 23.9 Å². The van der Waals surface area contributed by atoms with Gasteiger partial charge in [-0.25, -0.2) is 9.97 Å². The third kappa shape index (κ3) is 4.80. The Kier molecular flexibility index (Phi) is 6.31. The van der Waals surface area contributed by atoms with Gasteiger partial charge in [-0.15, -0.1) is 0 Å². The summed E-state index contributed by atoms with van der Waals surface area (Å²) in [5.74, 6) is 1.07. The van der Waals surface area contributed by atoms with E-state index in [4.69, 9.17) is 15.2 Å². The molecule has 0 unspecified atom stereocenters. The molecule has 7 rings (SSSR count). The Hall–Kier alpha value is -3.04. The monoisotopic (exact) mass is 526 g/mol. The third-order valence-electron chi connectivity index (χ3n) is 8.81. The summed E-state index contributed by atoms with van der Waals surface area (Å²) in [6.45, 7) is 9.47. The highest BCUT2D eigenvalue weighted by Crippen LogP contribution is 2.48. The van der Waals surface area contributed by atoms with Gasteiger partial charge in [-0.1, -0.05) is 42.5 Å². The van der Waals surface area contributed by atoms with Crippen molar-refractivity contribution >= 4 is 27.6 Å². The zero-order valence-corrected chi connectivity index (χ0v) is 22.8. The molecule has 8 heteroatoms. The molecule has 2 aromatic carbocycles. The number of hydrogen-bond acceptors (Lipinski definition) is 7. The number of aromatic nitrogens is 3. The number of rotatable bonds is 8. The number of hydrogen-bond donors (Lipinski definition) is 2. The fourth-order valence-electron chi connectivity index (χ4n) is 6.99. The van der Waals surface area contributed by atoms with Crippen molar-refractivity contribution in [2.75, 3.05) is 38.5 Å². The number of benzene rings is 2. The second kappa shape index (κ2) is 9.86. The smallest absolute Gasteiger partial charge is 0.163 e. The summed E-state index contributed by atoms with van der Waals surface area (Å²) in [7, 11) is 0.